The molecule has 0 heterocycles. The minimum atomic E-state index is -2.50. The molecule has 0 aromatic heterocycles. The number of hydrogen-bond donors (Lipinski definition) is 2. The number of alkyl halides is 2. The molecule has 2 nitrogen and oxygen atoms in total. The van der Waals surface area contributed by atoms with Gasteiger partial charge in [0.25, 0.3) is 6.43 Å². The molecule has 4 heteroatoms. The molecular weight excluding hydrogens is 200 g/mol. The van der Waals surface area contributed by atoms with Crippen LogP contribution in [0.5, 0.6) is 0 Å². The Kier molecular flexibility index (Phi) is 4.17. The summed E-state index contributed by atoms with van der Waals surface area (Å²) in [4.78, 5) is 0. The van der Waals surface area contributed by atoms with Gasteiger partial charge in [0.2, 0.25) is 0 Å². The first-order chi connectivity index (χ1) is 7.06. The van der Waals surface area contributed by atoms with Gasteiger partial charge in [0, 0.05) is 5.56 Å². The smallest absolute Gasteiger partial charge is 0.264 e. The maximum absolute atomic E-state index is 12.6. The highest BCUT2D eigenvalue weighted by atomic mass is 19.3. The third kappa shape index (κ3) is 2.97. The summed E-state index contributed by atoms with van der Waals surface area (Å²) in [5, 5.41) is 9.59. The second-order valence-corrected chi connectivity index (χ2v) is 3.51. The lowest BCUT2D eigenvalue weighted by Gasteiger charge is -2.12. The van der Waals surface area contributed by atoms with Gasteiger partial charge in [-0.25, -0.2) is 8.78 Å². The molecule has 3 N–H and O–H groups in total. The average Bonchev–Trinajstić information content (AvgIpc) is 2.18. The minimum absolute atomic E-state index is 0.0245. The van der Waals surface area contributed by atoms with E-state index in [9.17, 15) is 13.9 Å². The Morgan fingerprint density at radius 1 is 1.40 bits per heavy atom. The van der Waals surface area contributed by atoms with Gasteiger partial charge in [0.05, 0.1) is 6.10 Å². The number of halogens is 2. The van der Waals surface area contributed by atoms with Crippen molar-refractivity contribution in [2.24, 2.45) is 5.73 Å². The zero-order valence-corrected chi connectivity index (χ0v) is 8.58. The number of aliphatic hydroxyl groups excluding tert-OH is 1. The first-order valence-electron chi connectivity index (χ1n) is 4.83. The Labute approximate surface area is 87.7 Å². The SMILES string of the molecule is Cc1ccc(C(O)CCN)cc1C(F)F. The third-order valence-electron chi connectivity index (χ3n) is 2.36. The molecule has 0 bridgehead atoms. The summed E-state index contributed by atoms with van der Waals surface area (Å²) < 4.78 is 25.1. The standard InChI is InChI=1S/C11H15F2NO/c1-7-2-3-8(10(15)4-5-14)6-9(7)11(12)13/h2-3,6,10-11,15H,4-5,14H2,1H3. The van der Waals surface area contributed by atoms with Crippen molar-refractivity contribution in [3.8, 4) is 0 Å². The van der Waals surface area contributed by atoms with Crippen LogP contribution < -0.4 is 5.73 Å². The second-order valence-electron chi connectivity index (χ2n) is 3.51. The quantitative estimate of drug-likeness (QED) is 0.809. The molecule has 1 atom stereocenters. The normalized spacial score (nSPS) is 13.2. The topological polar surface area (TPSA) is 46.2 Å². The number of benzene rings is 1. The van der Waals surface area contributed by atoms with Gasteiger partial charge in [-0.15, -0.1) is 0 Å². The number of rotatable bonds is 4. The summed E-state index contributed by atoms with van der Waals surface area (Å²) in [5.74, 6) is 0. The van der Waals surface area contributed by atoms with E-state index in [1.807, 2.05) is 0 Å². The Bertz CT molecular complexity index is 328. The van der Waals surface area contributed by atoms with E-state index < -0.39 is 12.5 Å². The van der Waals surface area contributed by atoms with Gasteiger partial charge < -0.3 is 10.8 Å². The molecular formula is C11H15F2NO. The highest BCUT2D eigenvalue weighted by Crippen LogP contribution is 2.26. The summed E-state index contributed by atoms with van der Waals surface area (Å²) in [7, 11) is 0. The predicted molar refractivity (Wildman–Crippen MR) is 54.8 cm³/mol. The van der Waals surface area contributed by atoms with Gasteiger partial charge in [-0.2, -0.15) is 0 Å². The van der Waals surface area contributed by atoms with Gasteiger partial charge in [0.1, 0.15) is 0 Å². The highest BCUT2D eigenvalue weighted by molar-refractivity contribution is 5.33. The van der Waals surface area contributed by atoms with Gasteiger partial charge in [-0.1, -0.05) is 12.1 Å². The van der Waals surface area contributed by atoms with Crippen molar-refractivity contribution in [1.29, 1.82) is 0 Å². The maximum Gasteiger partial charge on any atom is 0.264 e. The molecule has 1 rings (SSSR count). The summed E-state index contributed by atoms with van der Waals surface area (Å²) in [5.41, 5.74) is 6.30. The van der Waals surface area contributed by atoms with E-state index in [-0.39, 0.29) is 5.56 Å². The van der Waals surface area contributed by atoms with E-state index in [1.54, 1.807) is 19.1 Å². The monoisotopic (exact) mass is 215 g/mol. The fraction of sp³-hybridized carbons (Fsp3) is 0.455. The number of nitrogens with two attached hydrogens (primary N) is 1. The van der Waals surface area contributed by atoms with Crippen molar-refractivity contribution < 1.29 is 13.9 Å². The van der Waals surface area contributed by atoms with Crippen molar-refractivity contribution in [2.45, 2.75) is 25.9 Å². The molecule has 0 spiro atoms. The lowest BCUT2D eigenvalue weighted by Crippen LogP contribution is -2.07. The fourth-order valence-electron chi connectivity index (χ4n) is 1.43. The Hall–Kier alpha value is -1.00. The molecule has 0 radical (unpaired) electrons. The summed E-state index contributed by atoms with van der Waals surface area (Å²) in [6, 6.07) is 4.60. The van der Waals surface area contributed by atoms with Crippen LogP contribution in [0.1, 0.15) is 35.6 Å². The molecule has 0 saturated carbocycles. The molecule has 84 valence electrons. The molecule has 0 aliphatic carbocycles. The van der Waals surface area contributed by atoms with Crippen LogP contribution in [0.2, 0.25) is 0 Å². The van der Waals surface area contributed by atoms with E-state index in [4.69, 9.17) is 5.73 Å². The molecule has 0 amide bonds. The van der Waals surface area contributed by atoms with E-state index in [0.717, 1.165) is 0 Å². The van der Waals surface area contributed by atoms with Crippen molar-refractivity contribution in [1.82, 2.24) is 0 Å². The summed E-state index contributed by atoms with van der Waals surface area (Å²) in [6.07, 6.45) is -2.88. The Balaban J connectivity index is 2.96. The molecule has 1 aromatic rings. The Morgan fingerprint density at radius 2 is 2.07 bits per heavy atom. The van der Waals surface area contributed by atoms with Gasteiger partial charge in [-0.3, -0.25) is 0 Å². The van der Waals surface area contributed by atoms with Crippen molar-refractivity contribution in [2.75, 3.05) is 6.54 Å². The number of aryl methyl sites for hydroxylation is 1. The zero-order valence-electron chi connectivity index (χ0n) is 8.58. The first kappa shape index (κ1) is 12.1. The Morgan fingerprint density at radius 3 is 2.60 bits per heavy atom. The lowest BCUT2D eigenvalue weighted by atomic mass is 10.0. The zero-order chi connectivity index (χ0) is 11.4. The van der Waals surface area contributed by atoms with Crippen molar-refractivity contribution >= 4 is 0 Å². The van der Waals surface area contributed by atoms with E-state index in [2.05, 4.69) is 0 Å². The van der Waals surface area contributed by atoms with Crippen LogP contribution in [0.15, 0.2) is 18.2 Å². The van der Waals surface area contributed by atoms with Gasteiger partial charge in [-0.05, 0) is 37.1 Å². The van der Waals surface area contributed by atoms with Crippen LogP contribution in [0.4, 0.5) is 8.78 Å². The maximum atomic E-state index is 12.6. The van der Waals surface area contributed by atoms with Crippen LogP contribution in [0.25, 0.3) is 0 Å². The molecule has 0 aliphatic rings. The van der Waals surface area contributed by atoms with Crippen LogP contribution in [-0.4, -0.2) is 11.7 Å². The fourth-order valence-corrected chi connectivity index (χ4v) is 1.43. The highest BCUT2D eigenvalue weighted by Gasteiger charge is 2.14. The molecule has 0 saturated heterocycles. The molecule has 15 heavy (non-hydrogen) atoms. The molecule has 0 aliphatic heterocycles. The van der Waals surface area contributed by atoms with Crippen LogP contribution in [-0.2, 0) is 0 Å². The largest absolute Gasteiger partial charge is 0.388 e. The summed E-state index contributed by atoms with van der Waals surface area (Å²) >= 11 is 0. The minimum Gasteiger partial charge on any atom is -0.388 e. The average molecular weight is 215 g/mol. The van der Waals surface area contributed by atoms with Crippen LogP contribution in [0, 0.1) is 6.92 Å². The van der Waals surface area contributed by atoms with Gasteiger partial charge >= 0.3 is 0 Å². The van der Waals surface area contributed by atoms with Crippen LogP contribution in [0.3, 0.4) is 0 Å². The number of hydrogen-bond acceptors (Lipinski definition) is 2. The van der Waals surface area contributed by atoms with Crippen LogP contribution >= 0.6 is 0 Å². The second kappa shape index (κ2) is 5.19. The predicted octanol–water partition coefficient (Wildman–Crippen LogP) is 2.31. The van der Waals surface area contributed by atoms with Gasteiger partial charge in [0.15, 0.2) is 0 Å². The third-order valence-corrected chi connectivity index (χ3v) is 2.36. The van der Waals surface area contributed by atoms with E-state index in [1.165, 1.54) is 6.07 Å². The van der Waals surface area contributed by atoms with Crippen molar-refractivity contribution in [3.63, 3.8) is 0 Å². The lowest BCUT2D eigenvalue weighted by molar-refractivity contribution is 0.148. The van der Waals surface area contributed by atoms with E-state index >= 15 is 0 Å². The van der Waals surface area contributed by atoms with E-state index in [0.29, 0.717) is 24.1 Å². The first-order valence-corrected chi connectivity index (χ1v) is 4.83. The molecule has 0 fully saturated rings. The number of aliphatic hydroxyl groups is 1. The van der Waals surface area contributed by atoms with Crippen molar-refractivity contribution in [3.05, 3.63) is 34.9 Å². The molecule has 1 aromatic carbocycles. The summed E-state index contributed by atoms with van der Waals surface area (Å²) in [6.45, 7) is 1.96. The molecule has 1 unspecified atom stereocenters.